The van der Waals surface area contributed by atoms with Crippen molar-refractivity contribution in [1.82, 2.24) is 10.4 Å². The second-order valence-corrected chi connectivity index (χ2v) is 7.17. The largest absolute Gasteiger partial charge is 0.455 e. The number of benzene rings is 2. The van der Waals surface area contributed by atoms with Crippen LogP contribution in [0.3, 0.4) is 0 Å². The number of esters is 1. The number of anilines is 1. The Labute approximate surface area is 174 Å². The van der Waals surface area contributed by atoms with Crippen LogP contribution in [0.2, 0.25) is 0 Å². The predicted molar refractivity (Wildman–Crippen MR) is 109 cm³/mol. The molecule has 1 fully saturated rings. The van der Waals surface area contributed by atoms with Crippen LogP contribution in [0.4, 0.5) is 5.69 Å². The van der Waals surface area contributed by atoms with Crippen LogP contribution in [0.5, 0.6) is 0 Å². The summed E-state index contributed by atoms with van der Waals surface area (Å²) in [6.07, 6.45) is -0.0906. The summed E-state index contributed by atoms with van der Waals surface area (Å²) in [6.45, 7) is 3.45. The molecule has 0 spiro atoms. The molecule has 1 aliphatic rings. The van der Waals surface area contributed by atoms with Crippen LogP contribution >= 0.6 is 0 Å². The van der Waals surface area contributed by atoms with Gasteiger partial charge in [0.05, 0.1) is 12.5 Å². The van der Waals surface area contributed by atoms with E-state index in [9.17, 15) is 19.2 Å². The smallest absolute Gasteiger partial charge is 0.311 e. The number of nitrogens with one attached hydrogen (secondary N) is 2. The molecule has 1 atom stereocenters. The normalized spacial score (nSPS) is 15.6. The highest BCUT2D eigenvalue weighted by atomic mass is 16.5. The molecule has 2 aromatic carbocycles. The predicted octanol–water partition coefficient (Wildman–Crippen LogP) is 1.98. The lowest BCUT2D eigenvalue weighted by atomic mass is 10.1. The van der Waals surface area contributed by atoms with Gasteiger partial charge in [-0.2, -0.15) is 0 Å². The number of nitrogens with zero attached hydrogens (tertiary/aromatic N) is 1. The molecule has 0 bridgehead atoms. The maximum absolute atomic E-state index is 12.3. The van der Waals surface area contributed by atoms with Gasteiger partial charge in [-0.1, -0.05) is 24.3 Å². The molecule has 0 aliphatic carbocycles. The van der Waals surface area contributed by atoms with Crippen LogP contribution in [-0.4, -0.2) is 41.9 Å². The molecule has 3 rings (SSSR count). The molecular weight excluding hydrogens is 386 g/mol. The van der Waals surface area contributed by atoms with Crippen LogP contribution in [0.1, 0.15) is 27.9 Å². The average Bonchev–Trinajstić information content (AvgIpc) is 3.10. The maximum Gasteiger partial charge on any atom is 0.311 e. The SMILES string of the molecule is Cc1ccc(NC(=O)COC(=O)[C@H]2CC(=O)N(NC(=O)c3ccccc3)C2)cc1C. The van der Waals surface area contributed by atoms with E-state index in [0.29, 0.717) is 11.3 Å². The quantitative estimate of drug-likeness (QED) is 0.710. The molecule has 2 N–H and O–H groups in total. The van der Waals surface area contributed by atoms with Crippen molar-refractivity contribution in [1.29, 1.82) is 0 Å². The Hall–Kier alpha value is -3.68. The first kappa shape index (κ1) is 21.0. The van der Waals surface area contributed by atoms with Gasteiger partial charge < -0.3 is 10.1 Å². The Morgan fingerprint density at radius 3 is 2.50 bits per heavy atom. The van der Waals surface area contributed by atoms with Gasteiger partial charge in [-0.15, -0.1) is 0 Å². The summed E-state index contributed by atoms with van der Waals surface area (Å²) < 4.78 is 5.06. The molecule has 3 amide bonds. The lowest BCUT2D eigenvalue weighted by molar-refractivity contribution is -0.151. The number of carbonyl (C=O) groups excluding carboxylic acids is 4. The molecule has 0 unspecified atom stereocenters. The van der Waals surface area contributed by atoms with Crippen molar-refractivity contribution in [2.45, 2.75) is 20.3 Å². The molecule has 2 aromatic rings. The Bertz CT molecular complexity index is 974. The van der Waals surface area contributed by atoms with Gasteiger partial charge in [0.25, 0.3) is 11.8 Å². The van der Waals surface area contributed by atoms with Crippen molar-refractivity contribution in [3.63, 3.8) is 0 Å². The Kier molecular flexibility index (Phi) is 6.46. The first-order chi connectivity index (χ1) is 14.3. The molecule has 30 heavy (non-hydrogen) atoms. The van der Waals surface area contributed by atoms with Crippen molar-refractivity contribution in [3.05, 3.63) is 65.2 Å². The molecule has 0 radical (unpaired) electrons. The third-order valence-corrected chi connectivity index (χ3v) is 4.87. The van der Waals surface area contributed by atoms with Crippen molar-refractivity contribution < 1.29 is 23.9 Å². The van der Waals surface area contributed by atoms with E-state index in [1.807, 2.05) is 26.0 Å². The van der Waals surface area contributed by atoms with Crippen molar-refractivity contribution in [2.24, 2.45) is 5.92 Å². The molecule has 8 nitrogen and oxygen atoms in total. The third kappa shape index (κ3) is 5.22. The fraction of sp³-hybridized carbons (Fsp3) is 0.273. The standard InChI is InChI=1S/C22H23N3O5/c1-14-8-9-18(10-15(14)2)23-19(26)13-30-22(29)17-11-20(27)25(12-17)24-21(28)16-6-4-3-5-7-16/h3-10,17H,11-13H2,1-2H3,(H,23,26)(H,24,28)/t17-/m0/s1. The van der Waals surface area contributed by atoms with Crippen LogP contribution in [-0.2, 0) is 19.1 Å². The maximum atomic E-state index is 12.3. The molecule has 156 valence electrons. The minimum absolute atomic E-state index is 0.00494. The fourth-order valence-electron chi connectivity index (χ4n) is 3.02. The molecule has 0 saturated carbocycles. The van der Waals surface area contributed by atoms with Gasteiger partial charge in [0.2, 0.25) is 5.91 Å². The summed E-state index contributed by atoms with van der Waals surface area (Å²) in [4.78, 5) is 48.6. The lowest BCUT2D eigenvalue weighted by Crippen LogP contribution is -2.43. The summed E-state index contributed by atoms with van der Waals surface area (Å²) in [5.74, 6) is -2.70. The topological polar surface area (TPSA) is 105 Å². The van der Waals surface area contributed by atoms with E-state index in [0.717, 1.165) is 16.1 Å². The number of hydrogen-bond donors (Lipinski definition) is 2. The molecule has 1 aliphatic heterocycles. The first-order valence-electron chi connectivity index (χ1n) is 9.53. The van der Waals surface area contributed by atoms with Gasteiger partial charge in [-0.05, 0) is 49.2 Å². The summed E-state index contributed by atoms with van der Waals surface area (Å²) in [6, 6.07) is 13.9. The zero-order valence-electron chi connectivity index (χ0n) is 16.8. The van der Waals surface area contributed by atoms with E-state index in [2.05, 4.69) is 10.7 Å². The van der Waals surface area contributed by atoms with Gasteiger partial charge in [0.15, 0.2) is 6.61 Å². The number of ether oxygens (including phenoxy) is 1. The number of aryl methyl sites for hydroxylation is 2. The van der Waals surface area contributed by atoms with Gasteiger partial charge >= 0.3 is 5.97 Å². The fourth-order valence-corrected chi connectivity index (χ4v) is 3.02. The average molecular weight is 409 g/mol. The Morgan fingerprint density at radius 2 is 1.80 bits per heavy atom. The molecule has 1 heterocycles. The van der Waals surface area contributed by atoms with E-state index in [4.69, 9.17) is 4.74 Å². The van der Waals surface area contributed by atoms with Crippen LogP contribution in [0, 0.1) is 19.8 Å². The van der Waals surface area contributed by atoms with Crippen molar-refractivity contribution >= 4 is 29.4 Å². The van der Waals surface area contributed by atoms with Gasteiger partial charge in [-0.3, -0.25) is 29.6 Å². The summed E-state index contributed by atoms with van der Waals surface area (Å²) >= 11 is 0. The summed E-state index contributed by atoms with van der Waals surface area (Å²) in [5.41, 5.74) is 5.65. The lowest BCUT2D eigenvalue weighted by Gasteiger charge is -2.17. The zero-order chi connectivity index (χ0) is 21.7. The number of carbonyl (C=O) groups is 4. The first-order valence-corrected chi connectivity index (χ1v) is 9.53. The van der Waals surface area contributed by atoms with E-state index in [-0.39, 0.29) is 18.9 Å². The second kappa shape index (κ2) is 9.21. The number of rotatable bonds is 6. The van der Waals surface area contributed by atoms with Crippen LogP contribution in [0.25, 0.3) is 0 Å². The number of hydrogen-bond acceptors (Lipinski definition) is 5. The molecule has 0 aromatic heterocycles. The van der Waals surface area contributed by atoms with Gasteiger partial charge in [0, 0.05) is 17.7 Å². The minimum atomic E-state index is -0.747. The Balaban J connectivity index is 1.47. The van der Waals surface area contributed by atoms with Gasteiger partial charge in [0.1, 0.15) is 0 Å². The summed E-state index contributed by atoms with van der Waals surface area (Å²) in [5, 5.41) is 3.77. The van der Waals surface area contributed by atoms with E-state index in [1.54, 1.807) is 36.4 Å². The van der Waals surface area contributed by atoms with E-state index < -0.39 is 30.3 Å². The van der Waals surface area contributed by atoms with E-state index >= 15 is 0 Å². The molecule has 8 heteroatoms. The highest BCUT2D eigenvalue weighted by Gasteiger charge is 2.36. The number of hydrazine groups is 1. The van der Waals surface area contributed by atoms with Crippen molar-refractivity contribution in [2.75, 3.05) is 18.5 Å². The third-order valence-electron chi connectivity index (χ3n) is 4.87. The van der Waals surface area contributed by atoms with E-state index in [1.165, 1.54) is 0 Å². The molecular formula is C22H23N3O5. The minimum Gasteiger partial charge on any atom is -0.455 e. The van der Waals surface area contributed by atoms with Gasteiger partial charge in [-0.25, -0.2) is 0 Å². The monoisotopic (exact) mass is 409 g/mol. The summed E-state index contributed by atoms with van der Waals surface area (Å²) in [7, 11) is 0. The van der Waals surface area contributed by atoms with Crippen molar-refractivity contribution in [3.8, 4) is 0 Å². The highest BCUT2D eigenvalue weighted by molar-refractivity contribution is 5.97. The zero-order valence-corrected chi connectivity index (χ0v) is 16.8. The van der Waals surface area contributed by atoms with Crippen LogP contribution in [0.15, 0.2) is 48.5 Å². The van der Waals surface area contributed by atoms with Crippen LogP contribution < -0.4 is 10.7 Å². The number of amides is 3. The highest BCUT2D eigenvalue weighted by Crippen LogP contribution is 2.18. The second-order valence-electron chi connectivity index (χ2n) is 7.17. The Morgan fingerprint density at radius 1 is 1.07 bits per heavy atom. The molecule has 1 saturated heterocycles.